The Bertz CT molecular complexity index is 242. The lowest BCUT2D eigenvalue weighted by Crippen LogP contribution is -2.15. The number of hydrogen-bond acceptors (Lipinski definition) is 2. The molecule has 0 spiro atoms. The molecule has 11 heavy (non-hydrogen) atoms. The second kappa shape index (κ2) is 3.23. The Balaban J connectivity index is 2.67. The predicted molar refractivity (Wildman–Crippen MR) is 41.1 cm³/mol. The Hall–Kier alpha value is -1.25. The predicted octanol–water partition coefficient (Wildman–Crippen LogP) is 1.40. The molecule has 0 saturated carbocycles. The third-order valence-electron chi connectivity index (χ3n) is 1.51. The van der Waals surface area contributed by atoms with E-state index in [0.717, 1.165) is 11.5 Å². The fourth-order valence-corrected chi connectivity index (χ4v) is 0.870. The van der Waals surface area contributed by atoms with E-state index in [1.54, 1.807) is 0 Å². The molecule has 1 aromatic rings. The van der Waals surface area contributed by atoms with Crippen molar-refractivity contribution in [3.8, 4) is 0 Å². The molecule has 1 heterocycles. The van der Waals surface area contributed by atoms with Crippen LogP contribution in [0.1, 0.15) is 24.5 Å². The summed E-state index contributed by atoms with van der Waals surface area (Å²) >= 11 is 0. The molecule has 0 aliphatic rings. The van der Waals surface area contributed by atoms with Gasteiger partial charge in [0.1, 0.15) is 11.5 Å². The molecule has 1 amide bonds. The van der Waals surface area contributed by atoms with Crippen LogP contribution in [0.25, 0.3) is 0 Å². The average molecular weight is 153 g/mol. The molecular formula is C8H11NO2. The summed E-state index contributed by atoms with van der Waals surface area (Å²) in [5.41, 5.74) is 0. The van der Waals surface area contributed by atoms with Crippen molar-refractivity contribution in [1.29, 1.82) is 0 Å². The minimum atomic E-state index is -0.0406. The third-order valence-corrected chi connectivity index (χ3v) is 1.51. The number of rotatable bonds is 3. The number of carbonyl (C=O) groups is 1. The summed E-state index contributed by atoms with van der Waals surface area (Å²) in [4.78, 5) is 10.0. The summed E-state index contributed by atoms with van der Waals surface area (Å²) in [7, 11) is 0. The van der Waals surface area contributed by atoms with Crippen molar-refractivity contribution in [3.05, 3.63) is 23.7 Å². The first kappa shape index (κ1) is 7.85. The van der Waals surface area contributed by atoms with Crippen LogP contribution in [0.2, 0.25) is 0 Å². The van der Waals surface area contributed by atoms with Crippen LogP contribution in [-0.2, 0) is 4.79 Å². The maximum atomic E-state index is 10.0. The Kier molecular flexibility index (Phi) is 2.31. The summed E-state index contributed by atoms with van der Waals surface area (Å²) in [6, 6.07) is 3.69. The summed E-state index contributed by atoms with van der Waals surface area (Å²) in [6.07, 6.45) is 0.669. The number of carbonyl (C=O) groups excluding carboxylic acids is 1. The van der Waals surface area contributed by atoms with Crippen molar-refractivity contribution >= 4 is 6.41 Å². The average Bonchev–Trinajstić information content (AvgIpc) is 2.36. The van der Waals surface area contributed by atoms with Gasteiger partial charge in [-0.2, -0.15) is 0 Å². The molecule has 1 rings (SSSR count). The first-order valence-corrected chi connectivity index (χ1v) is 3.50. The molecule has 0 aromatic carbocycles. The Morgan fingerprint density at radius 3 is 2.82 bits per heavy atom. The zero-order chi connectivity index (χ0) is 8.27. The monoisotopic (exact) mass is 153 g/mol. The minimum absolute atomic E-state index is 0.0406. The van der Waals surface area contributed by atoms with Gasteiger partial charge in [0, 0.05) is 0 Å². The van der Waals surface area contributed by atoms with E-state index in [-0.39, 0.29) is 6.04 Å². The van der Waals surface area contributed by atoms with E-state index in [9.17, 15) is 4.79 Å². The van der Waals surface area contributed by atoms with Crippen LogP contribution in [-0.4, -0.2) is 6.41 Å². The standard InChI is InChI=1S/C8H11NO2/c1-6-3-4-8(11-6)7(2)9-5-10/h3-5,7H,1-2H3,(H,9,10). The van der Waals surface area contributed by atoms with Gasteiger partial charge in [0.15, 0.2) is 0 Å². The summed E-state index contributed by atoms with van der Waals surface area (Å²) in [5.74, 6) is 1.65. The molecule has 3 heteroatoms. The molecule has 1 aromatic heterocycles. The van der Waals surface area contributed by atoms with E-state index >= 15 is 0 Å². The molecule has 60 valence electrons. The van der Waals surface area contributed by atoms with Crippen LogP contribution in [0.15, 0.2) is 16.5 Å². The first-order chi connectivity index (χ1) is 5.24. The van der Waals surface area contributed by atoms with Gasteiger partial charge in [-0.3, -0.25) is 4.79 Å². The van der Waals surface area contributed by atoms with Crippen molar-refractivity contribution in [1.82, 2.24) is 5.32 Å². The van der Waals surface area contributed by atoms with E-state index in [1.165, 1.54) is 0 Å². The second-order valence-corrected chi connectivity index (χ2v) is 2.45. The van der Waals surface area contributed by atoms with Gasteiger partial charge in [-0.1, -0.05) is 0 Å². The van der Waals surface area contributed by atoms with Gasteiger partial charge in [-0.15, -0.1) is 0 Å². The Morgan fingerprint density at radius 1 is 1.64 bits per heavy atom. The van der Waals surface area contributed by atoms with Crippen LogP contribution in [0.5, 0.6) is 0 Å². The van der Waals surface area contributed by atoms with Gasteiger partial charge in [0.05, 0.1) is 6.04 Å². The summed E-state index contributed by atoms with van der Waals surface area (Å²) < 4.78 is 5.28. The van der Waals surface area contributed by atoms with Gasteiger partial charge < -0.3 is 9.73 Å². The molecular weight excluding hydrogens is 142 g/mol. The fourth-order valence-electron chi connectivity index (χ4n) is 0.870. The molecule has 3 nitrogen and oxygen atoms in total. The quantitative estimate of drug-likeness (QED) is 0.667. The van der Waals surface area contributed by atoms with E-state index < -0.39 is 0 Å². The molecule has 1 atom stereocenters. The van der Waals surface area contributed by atoms with Gasteiger partial charge in [-0.05, 0) is 26.0 Å². The lowest BCUT2D eigenvalue weighted by Gasteiger charge is -2.04. The van der Waals surface area contributed by atoms with Gasteiger partial charge in [-0.25, -0.2) is 0 Å². The van der Waals surface area contributed by atoms with Crippen molar-refractivity contribution in [3.63, 3.8) is 0 Å². The third kappa shape index (κ3) is 1.83. The smallest absolute Gasteiger partial charge is 0.207 e. The second-order valence-electron chi connectivity index (χ2n) is 2.45. The lowest BCUT2D eigenvalue weighted by atomic mass is 10.3. The van der Waals surface area contributed by atoms with Gasteiger partial charge >= 0.3 is 0 Å². The van der Waals surface area contributed by atoms with Crippen LogP contribution in [0, 0.1) is 6.92 Å². The molecule has 1 unspecified atom stereocenters. The number of aryl methyl sites for hydroxylation is 1. The molecule has 0 radical (unpaired) electrons. The van der Waals surface area contributed by atoms with Crippen LogP contribution < -0.4 is 5.32 Å². The maximum absolute atomic E-state index is 10.0. The number of hydrogen-bond donors (Lipinski definition) is 1. The topological polar surface area (TPSA) is 42.2 Å². The van der Waals surface area contributed by atoms with Crippen LogP contribution in [0.4, 0.5) is 0 Å². The maximum Gasteiger partial charge on any atom is 0.207 e. The largest absolute Gasteiger partial charge is 0.464 e. The minimum Gasteiger partial charge on any atom is -0.464 e. The number of furan rings is 1. The highest BCUT2D eigenvalue weighted by Crippen LogP contribution is 2.14. The highest BCUT2D eigenvalue weighted by molar-refractivity contribution is 5.47. The van der Waals surface area contributed by atoms with Gasteiger partial charge in [0.2, 0.25) is 6.41 Å². The molecule has 0 fully saturated rings. The van der Waals surface area contributed by atoms with Crippen molar-refractivity contribution < 1.29 is 9.21 Å². The fraction of sp³-hybridized carbons (Fsp3) is 0.375. The van der Waals surface area contributed by atoms with E-state index in [1.807, 2.05) is 26.0 Å². The normalized spacial score (nSPS) is 12.5. The molecule has 0 bridgehead atoms. The zero-order valence-corrected chi connectivity index (χ0v) is 6.63. The van der Waals surface area contributed by atoms with Crippen molar-refractivity contribution in [2.24, 2.45) is 0 Å². The molecule has 0 aliphatic heterocycles. The van der Waals surface area contributed by atoms with Crippen molar-refractivity contribution in [2.75, 3.05) is 0 Å². The molecule has 0 aliphatic carbocycles. The van der Waals surface area contributed by atoms with Crippen molar-refractivity contribution in [2.45, 2.75) is 19.9 Å². The highest BCUT2D eigenvalue weighted by Gasteiger charge is 2.06. The Morgan fingerprint density at radius 2 is 2.36 bits per heavy atom. The van der Waals surface area contributed by atoms with E-state index in [0.29, 0.717) is 6.41 Å². The summed E-state index contributed by atoms with van der Waals surface area (Å²) in [6.45, 7) is 3.74. The van der Waals surface area contributed by atoms with E-state index in [4.69, 9.17) is 4.42 Å². The van der Waals surface area contributed by atoms with Crippen LogP contribution >= 0.6 is 0 Å². The van der Waals surface area contributed by atoms with Gasteiger partial charge in [0.25, 0.3) is 0 Å². The summed E-state index contributed by atoms with van der Waals surface area (Å²) in [5, 5.41) is 2.60. The highest BCUT2D eigenvalue weighted by atomic mass is 16.3. The van der Waals surface area contributed by atoms with E-state index in [2.05, 4.69) is 5.32 Å². The number of nitrogens with one attached hydrogen (secondary N) is 1. The van der Waals surface area contributed by atoms with Crippen LogP contribution in [0.3, 0.4) is 0 Å². The molecule has 1 N–H and O–H groups in total. The SMILES string of the molecule is Cc1ccc(C(C)NC=O)o1. The lowest BCUT2D eigenvalue weighted by molar-refractivity contribution is -0.110. The Labute approximate surface area is 65.4 Å². The first-order valence-electron chi connectivity index (χ1n) is 3.50. The number of amides is 1. The zero-order valence-electron chi connectivity index (χ0n) is 6.63. The molecule has 0 saturated heterocycles.